The topological polar surface area (TPSA) is 92.4 Å². The van der Waals surface area contributed by atoms with Crippen LogP contribution in [0.5, 0.6) is 0 Å². The number of nitrogen functional groups attached to an aromatic ring is 1. The van der Waals surface area contributed by atoms with E-state index in [1.165, 1.54) is 12.1 Å². The van der Waals surface area contributed by atoms with E-state index in [9.17, 15) is 8.42 Å². The van der Waals surface area contributed by atoms with Crippen molar-refractivity contribution in [3.05, 3.63) is 23.2 Å². The van der Waals surface area contributed by atoms with Crippen molar-refractivity contribution in [2.24, 2.45) is 5.41 Å². The molecule has 1 aromatic rings. The van der Waals surface area contributed by atoms with Gasteiger partial charge in [0.25, 0.3) is 0 Å². The van der Waals surface area contributed by atoms with Gasteiger partial charge in [0.05, 0.1) is 5.02 Å². The minimum Gasteiger partial charge on any atom is -0.399 e. The first-order valence-electron chi connectivity index (χ1n) is 6.33. The first-order valence-corrected chi connectivity index (χ1v) is 8.20. The van der Waals surface area contributed by atoms with Gasteiger partial charge in [-0.05, 0) is 36.5 Å². The molecule has 0 fully saturated rings. The number of nitrogens with two attached hydrogens (primary N) is 1. The second-order valence-corrected chi connectivity index (χ2v) is 7.65. The fourth-order valence-corrected chi connectivity index (χ4v) is 3.51. The monoisotopic (exact) mass is 320 g/mol. The highest BCUT2D eigenvalue weighted by atomic mass is 35.5. The number of anilines is 1. The molecule has 0 aliphatic carbocycles. The van der Waals surface area contributed by atoms with Crippen molar-refractivity contribution in [1.82, 2.24) is 4.72 Å². The number of aliphatic hydroxyl groups excluding tert-OH is 1. The maximum Gasteiger partial charge on any atom is 0.242 e. The summed E-state index contributed by atoms with van der Waals surface area (Å²) in [4.78, 5) is -0.0166. The van der Waals surface area contributed by atoms with Crippen LogP contribution in [-0.2, 0) is 10.0 Å². The van der Waals surface area contributed by atoms with Gasteiger partial charge in [-0.15, -0.1) is 0 Å². The van der Waals surface area contributed by atoms with Crippen molar-refractivity contribution >= 4 is 27.3 Å². The number of nitrogens with one attached hydrogen (secondary N) is 1. The van der Waals surface area contributed by atoms with Crippen molar-refractivity contribution in [3.8, 4) is 0 Å². The lowest BCUT2D eigenvalue weighted by Crippen LogP contribution is -2.34. The molecule has 7 heteroatoms. The van der Waals surface area contributed by atoms with Crippen LogP contribution in [-0.4, -0.2) is 26.7 Å². The summed E-state index contributed by atoms with van der Waals surface area (Å²) >= 11 is 5.91. The molecule has 0 radical (unpaired) electrons. The lowest BCUT2D eigenvalue weighted by molar-refractivity contribution is 0.242. The molecule has 1 rings (SSSR count). The molecule has 0 aliphatic rings. The SMILES string of the molecule is CC(C)(CCCO)CNS(=O)(=O)c1cc(N)ccc1Cl. The summed E-state index contributed by atoms with van der Waals surface area (Å²) in [6, 6.07) is 4.35. The lowest BCUT2D eigenvalue weighted by Gasteiger charge is -2.24. The van der Waals surface area contributed by atoms with Crippen LogP contribution in [0.1, 0.15) is 26.7 Å². The first kappa shape index (κ1) is 17.2. The molecule has 0 spiro atoms. The van der Waals surface area contributed by atoms with Crippen molar-refractivity contribution in [2.75, 3.05) is 18.9 Å². The van der Waals surface area contributed by atoms with Gasteiger partial charge in [-0.25, -0.2) is 13.1 Å². The molecule has 0 bridgehead atoms. The predicted octanol–water partition coefficient (Wildman–Crippen LogP) is 2.00. The van der Waals surface area contributed by atoms with Crippen molar-refractivity contribution < 1.29 is 13.5 Å². The van der Waals surface area contributed by atoms with Crippen LogP contribution in [0.15, 0.2) is 23.1 Å². The zero-order chi connectivity index (χ0) is 15.4. The van der Waals surface area contributed by atoms with Crippen molar-refractivity contribution in [3.63, 3.8) is 0 Å². The number of sulfonamides is 1. The standard InChI is InChI=1S/C13H21ClN2O3S/c1-13(2,6-3-7-17)9-16-20(18,19)12-8-10(15)4-5-11(12)14/h4-5,8,16-17H,3,6-7,9,15H2,1-2H3. The molecule has 0 saturated carbocycles. The molecule has 0 atom stereocenters. The van der Waals surface area contributed by atoms with Gasteiger partial charge in [0.1, 0.15) is 4.90 Å². The summed E-state index contributed by atoms with van der Waals surface area (Å²) in [5, 5.41) is 8.97. The summed E-state index contributed by atoms with van der Waals surface area (Å²) in [5.74, 6) is 0. The minimum absolute atomic E-state index is 0.0166. The molecule has 114 valence electrons. The molecular formula is C13H21ClN2O3S. The molecular weight excluding hydrogens is 300 g/mol. The Hall–Kier alpha value is -0.820. The second kappa shape index (κ2) is 6.76. The fourth-order valence-electron chi connectivity index (χ4n) is 1.74. The second-order valence-electron chi connectivity index (χ2n) is 5.51. The van der Waals surface area contributed by atoms with Crippen LogP contribution < -0.4 is 10.5 Å². The Kier molecular flexibility index (Phi) is 5.82. The third-order valence-corrected chi connectivity index (χ3v) is 4.88. The highest BCUT2D eigenvalue weighted by molar-refractivity contribution is 7.89. The summed E-state index contributed by atoms with van der Waals surface area (Å²) < 4.78 is 27.0. The zero-order valence-corrected chi connectivity index (χ0v) is 13.3. The number of rotatable bonds is 7. The largest absolute Gasteiger partial charge is 0.399 e. The molecule has 0 unspecified atom stereocenters. The molecule has 4 N–H and O–H groups in total. The van der Waals surface area contributed by atoms with Crippen LogP contribution in [0.3, 0.4) is 0 Å². The van der Waals surface area contributed by atoms with E-state index in [0.717, 1.165) is 6.42 Å². The van der Waals surface area contributed by atoms with Crippen LogP contribution >= 0.6 is 11.6 Å². The van der Waals surface area contributed by atoms with E-state index in [0.29, 0.717) is 12.1 Å². The Labute approximate surface area is 125 Å². The van der Waals surface area contributed by atoms with Crippen LogP contribution in [0.4, 0.5) is 5.69 Å². The van der Waals surface area contributed by atoms with Gasteiger partial charge < -0.3 is 10.8 Å². The third-order valence-electron chi connectivity index (χ3n) is 3.00. The smallest absolute Gasteiger partial charge is 0.242 e. The Morgan fingerprint density at radius 1 is 1.40 bits per heavy atom. The highest BCUT2D eigenvalue weighted by Gasteiger charge is 2.23. The molecule has 20 heavy (non-hydrogen) atoms. The molecule has 0 aromatic heterocycles. The number of benzene rings is 1. The Balaban J connectivity index is 2.83. The van der Waals surface area contributed by atoms with E-state index >= 15 is 0 Å². The van der Waals surface area contributed by atoms with Crippen LogP contribution in [0, 0.1) is 5.41 Å². The number of hydrogen-bond acceptors (Lipinski definition) is 4. The van der Waals surface area contributed by atoms with Gasteiger partial charge in [-0.3, -0.25) is 0 Å². The third kappa shape index (κ3) is 4.94. The zero-order valence-electron chi connectivity index (χ0n) is 11.7. The van der Waals surface area contributed by atoms with Crippen molar-refractivity contribution in [1.29, 1.82) is 0 Å². The molecule has 0 heterocycles. The molecule has 5 nitrogen and oxygen atoms in total. The number of aliphatic hydroxyl groups is 1. The maximum absolute atomic E-state index is 12.2. The van der Waals surface area contributed by atoms with Crippen molar-refractivity contribution in [2.45, 2.75) is 31.6 Å². The summed E-state index contributed by atoms with van der Waals surface area (Å²) in [7, 11) is -3.70. The summed E-state index contributed by atoms with van der Waals surface area (Å²) in [5.41, 5.74) is 5.69. The average molecular weight is 321 g/mol. The van der Waals surface area contributed by atoms with Gasteiger partial charge in [0.2, 0.25) is 10.0 Å². The van der Waals surface area contributed by atoms with Gasteiger partial charge in [-0.2, -0.15) is 0 Å². The van der Waals surface area contributed by atoms with E-state index in [2.05, 4.69) is 4.72 Å². The molecule has 0 amide bonds. The van der Waals surface area contributed by atoms with Crippen LogP contribution in [0.25, 0.3) is 0 Å². The quantitative estimate of drug-likeness (QED) is 0.670. The van der Waals surface area contributed by atoms with E-state index in [1.807, 2.05) is 13.8 Å². The first-order chi connectivity index (χ1) is 9.18. The lowest BCUT2D eigenvalue weighted by atomic mass is 9.88. The van der Waals surface area contributed by atoms with Gasteiger partial charge in [0.15, 0.2) is 0 Å². The number of hydrogen-bond donors (Lipinski definition) is 3. The van der Waals surface area contributed by atoms with E-state index in [1.54, 1.807) is 6.07 Å². The Morgan fingerprint density at radius 2 is 2.05 bits per heavy atom. The Bertz CT molecular complexity index is 559. The predicted molar refractivity (Wildman–Crippen MR) is 81.2 cm³/mol. The van der Waals surface area contributed by atoms with E-state index in [-0.39, 0.29) is 28.5 Å². The highest BCUT2D eigenvalue weighted by Crippen LogP contribution is 2.25. The van der Waals surface area contributed by atoms with Crippen LogP contribution in [0.2, 0.25) is 5.02 Å². The average Bonchev–Trinajstić information content (AvgIpc) is 2.37. The fraction of sp³-hybridized carbons (Fsp3) is 0.538. The summed E-state index contributed by atoms with van der Waals surface area (Å²) in [6.07, 6.45) is 1.35. The minimum atomic E-state index is -3.70. The molecule has 0 saturated heterocycles. The summed E-state index contributed by atoms with van der Waals surface area (Å²) in [6.45, 7) is 4.23. The normalized spacial score (nSPS) is 12.6. The molecule has 0 aliphatic heterocycles. The maximum atomic E-state index is 12.2. The van der Waals surface area contributed by atoms with Gasteiger partial charge in [-0.1, -0.05) is 25.4 Å². The Morgan fingerprint density at radius 3 is 2.65 bits per heavy atom. The molecule has 1 aromatic carbocycles. The number of halogens is 1. The van der Waals surface area contributed by atoms with Gasteiger partial charge >= 0.3 is 0 Å². The van der Waals surface area contributed by atoms with E-state index < -0.39 is 10.0 Å². The van der Waals surface area contributed by atoms with E-state index in [4.69, 9.17) is 22.4 Å². The van der Waals surface area contributed by atoms with Gasteiger partial charge in [0, 0.05) is 18.8 Å².